The highest BCUT2D eigenvalue weighted by molar-refractivity contribution is 6.00. The van der Waals surface area contributed by atoms with Gasteiger partial charge in [0.1, 0.15) is 59.9 Å². The monoisotopic (exact) mass is 1160 g/mol. The molecule has 1 aromatic rings. The number of ketones is 1. The van der Waals surface area contributed by atoms with E-state index < -0.39 is 182 Å². The van der Waals surface area contributed by atoms with Gasteiger partial charge >= 0.3 is 11.9 Å². The van der Waals surface area contributed by atoms with Crippen molar-refractivity contribution in [1.29, 1.82) is 0 Å². The highest BCUT2D eigenvalue weighted by Gasteiger charge is 2.38. The maximum atomic E-state index is 14.4. The zero-order valence-corrected chi connectivity index (χ0v) is 47.3. The van der Waals surface area contributed by atoms with E-state index in [2.05, 4.69) is 54.8 Å². The van der Waals surface area contributed by atoms with Crippen LogP contribution in [-0.2, 0) is 78.3 Å². The number of carboxylic acid groups (broad SMARTS) is 1. The van der Waals surface area contributed by atoms with Crippen LogP contribution in [0.3, 0.4) is 0 Å². The smallest absolute Gasteiger partial charge is 0.329 e. The van der Waals surface area contributed by atoms with Gasteiger partial charge in [-0.05, 0) is 50.3 Å². The Kier molecular flexibility index (Phi) is 31.5. The average Bonchev–Trinajstić information content (AvgIpc) is 3.49. The summed E-state index contributed by atoms with van der Waals surface area (Å²) in [6.45, 7) is 5.58. The summed E-state index contributed by atoms with van der Waals surface area (Å²) in [4.78, 5) is 186. The van der Waals surface area contributed by atoms with Crippen molar-refractivity contribution in [3.63, 3.8) is 0 Å². The van der Waals surface area contributed by atoms with Crippen LogP contribution in [0.1, 0.15) is 149 Å². The molecule has 1 aromatic carbocycles. The Hall–Kier alpha value is -8.20. The molecule has 1 aliphatic rings. The van der Waals surface area contributed by atoms with Crippen molar-refractivity contribution in [2.75, 3.05) is 13.1 Å². The van der Waals surface area contributed by atoms with Crippen molar-refractivity contribution >= 4 is 82.7 Å². The van der Waals surface area contributed by atoms with Crippen LogP contribution in [-0.4, -0.2) is 154 Å². The second-order valence-corrected chi connectivity index (χ2v) is 20.6. The number of unbranched alkanes of at least 4 members (excludes halogenated alkanes) is 10. The molecule has 82 heavy (non-hydrogen) atoms. The lowest BCUT2D eigenvalue weighted by molar-refractivity contribution is -0.157. The van der Waals surface area contributed by atoms with Crippen molar-refractivity contribution in [3.8, 4) is 5.75 Å². The number of hydrogen-bond acceptors (Lipinski definition) is 16. The number of esters is 1. The van der Waals surface area contributed by atoms with Crippen molar-refractivity contribution in [3.05, 3.63) is 29.8 Å². The van der Waals surface area contributed by atoms with Crippen LogP contribution in [0.4, 0.5) is 0 Å². The molecule has 1 saturated heterocycles. The zero-order chi connectivity index (χ0) is 61.5. The first-order valence-corrected chi connectivity index (χ1v) is 27.6. The zero-order valence-electron chi connectivity index (χ0n) is 47.3. The first-order chi connectivity index (χ1) is 38.7. The lowest BCUT2D eigenvalue weighted by Crippen LogP contribution is -2.60. The third-order valence-electron chi connectivity index (χ3n) is 13.0. The van der Waals surface area contributed by atoms with Crippen LogP contribution in [0.5, 0.6) is 5.75 Å². The van der Waals surface area contributed by atoms with E-state index in [1.807, 2.05) is 0 Å². The van der Waals surface area contributed by atoms with Crippen LogP contribution < -0.4 is 59.3 Å². The van der Waals surface area contributed by atoms with Crippen molar-refractivity contribution in [2.45, 2.75) is 199 Å². The molecule has 456 valence electrons. The number of carbonyl (C=O) groups is 14. The molecule has 8 unspecified atom stereocenters. The van der Waals surface area contributed by atoms with Crippen LogP contribution >= 0.6 is 0 Å². The topological polar surface area (TPSA) is 449 Å². The van der Waals surface area contributed by atoms with Gasteiger partial charge in [0, 0.05) is 25.7 Å². The summed E-state index contributed by atoms with van der Waals surface area (Å²) in [5.41, 5.74) is 11.1. The van der Waals surface area contributed by atoms with Gasteiger partial charge in [-0.2, -0.15) is 0 Å². The SMILES string of the molecule is CCCCCCCCCCCCCC(=O)NC1C(=O)NC(CCC(N)=O)C(=O)NC(CC(C)=O)C(=O)NCC(=O)NC(CC(N)=O)C(=O)NC(CC(=O)O)C(=O)NCC(=O)NC(Cc2ccc(O)cc2)C(=O)NC(C(C)C)C(=O)OC1C. The molecule has 0 aromatic heterocycles. The third kappa shape index (κ3) is 27.8. The van der Waals surface area contributed by atoms with E-state index >= 15 is 0 Å². The molecule has 1 fully saturated rings. The van der Waals surface area contributed by atoms with Crippen LogP contribution in [0, 0.1) is 5.92 Å². The molecule has 2 rings (SSSR count). The molecule has 28 heteroatoms. The van der Waals surface area contributed by atoms with Gasteiger partial charge in [-0.1, -0.05) is 97.1 Å². The van der Waals surface area contributed by atoms with Crippen molar-refractivity contribution in [1.82, 2.24) is 47.9 Å². The molecule has 1 heterocycles. The summed E-state index contributed by atoms with van der Waals surface area (Å²) in [5, 5.41) is 40.3. The van der Waals surface area contributed by atoms with Crippen LogP contribution in [0.15, 0.2) is 24.3 Å². The van der Waals surface area contributed by atoms with Gasteiger partial charge in [0.15, 0.2) is 0 Å². The first kappa shape index (κ1) is 69.9. The average molecular weight is 1160 g/mol. The Morgan fingerprint density at radius 2 is 1.07 bits per heavy atom. The van der Waals surface area contributed by atoms with Gasteiger partial charge in [0.25, 0.3) is 0 Å². The maximum absolute atomic E-state index is 14.4. The number of benzene rings is 1. The number of amides is 11. The Balaban J connectivity index is 2.69. The largest absolute Gasteiger partial charge is 0.508 e. The van der Waals surface area contributed by atoms with Crippen LogP contribution in [0.2, 0.25) is 0 Å². The minimum absolute atomic E-state index is 0.0721. The number of phenolic OH excluding ortho intramolecular Hbond substituents is 1. The number of hydrogen-bond donors (Lipinski definition) is 13. The second-order valence-electron chi connectivity index (χ2n) is 20.6. The van der Waals surface area contributed by atoms with Gasteiger partial charge in [-0.25, -0.2) is 4.79 Å². The van der Waals surface area contributed by atoms with Gasteiger partial charge in [0.05, 0.1) is 25.9 Å². The van der Waals surface area contributed by atoms with E-state index in [1.165, 1.54) is 64.3 Å². The lowest BCUT2D eigenvalue weighted by atomic mass is 10.0. The van der Waals surface area contributed by atoms with Crippen molar-refractivity contribution in [2.24, 2.45) is 17.4 Å². The molecule has 0 saturated carbocycles. The molecule has 0 aliphatic carbocycles. The van der Waals surface area contributed by atoms with Crippen molar-refractivity contribution < 1.29 is 82.1 Å². The normalized spacial score (nSPS) is 22.4. The molecular formula is C54H83N11O17. The molecule has 0 spiro atoms. The number of Topliss-reactive ketones (excluding diaryl/α,β-unsaturated/α-hetero) is 1. The van der Waals surface area contributed by atoms with Gasteiger partial charge in [-0.15, -0.1) is 0 Å². The van der Waals surface area contributed by atoms with Gasteiger partial charge in [0.2, 0.25) is 65.0 Å². The quantitative estimate of drug-likeness (QED) is 0.0390. The summed E-state index contributed by atoms with van der Waals surface area (Å²) >= 11 is 0. The molecule has 0 bridgehead atoms. The standard InChI is InChI=1S/C54H83N11O17/c1-6-7-8-9-10-11-12-13-14-15-16-17-42(70)64-47-32(5)82-54(81)46(30(2)3)65-52(79)37(25-33-18-20-34(67)21-19-33)59-43(71)28-58-49(76)39(27-45(73)74)63-51(78)38(26-41(56)69)60-44(72)29-57-48(75)36(24-31(4)66)62-50(77)35(61-53(47)80)22-23-40(55)68/h18-21,30,32,35-39,46-47,67H,6-17,22-29H2,1-5H3,(H2,55,68)(H2,56,69)(H,57,75)(H,58,76)(H,59,71)(H,60,72)(H,61,80)(H,62,77)(H,63,78)(H,64,70)(H,65,79)(H,73,74). The summed E-state index contributed by atoms with van der Waals surface area (Å²) in [6, 6.07) is -6.78. The fourth-order valence-corrected chi connectivity index (χ4v) is 8.47. The predicted octanol–water partition coefficient (Wildman–Crippen LogP) is -1.54. The van der Waals surface area contributed by atoms with E-state index in [-0.39, 0.29) is 18.6 Å². The number of nitrogens with one attached hydrogen (secondary N) is 9. The minimum Gasteiger partial charge on any atom is -0.508 e. The molecule has 28 nitrogen and oxygen atoms in total. The van der Waals surface area contributed by atoms with E-state index in [0.29, 0.717) is 18.4 Å². The molecule has 15 N–H and O–H groups in total. The Morgan fingerprint density at radius 1 is 0.598 bits per heavy atom. The molecule has 11 amide bonds. The number of aliphatic carboxylic acids is 1. The highest BCUT2D eigenvalue weighted by atomic mass is 16.5. The van der Waals surface area contributed by atoms with E-state index in [4.69, 9.17) is 16.2 Å². The van der Waals surface area contributed by atoms with Crippen LogP contribution in [0.25, 0.3) is 0 Å². The summed E-state index contributed by atoms with van der Waals surface area (Å²) < 4.78 is 5.78. The summed E-state index contributed by atoms with van der Waals surface area (Å²) in [5.74, 6) is -16.4. The Bertz CT molecular complexity index is 2400. The maximum Gasteiger partial charge on any atom is 0.329 e. The van der Waals surface area contributed by atoms with E-state index in [1.54, 1.807) is 0 Å². The predicted molar refractivity (Wildman–Crippen MR) is 293 cm³/mol. The van der Waals surface area contributed by atoms with E-state index in [0.717, 1.165) is 45.4 Å². The number of ether oxygens (including phenoxy) is 1. The summed E-state index contributed by atoms with van der Waals surface area (Å²) in [7, 11) is 0. The number of aromatic hydroxyl groups is 1. The second kappa shape index (κ2) is 36.9. The highest BCUT2D eigenvalue weighted by Crippen LogP contribution is 2.16. The number of carboxylic acids is 1. The minimum atomic E-state index is -1.97. The molecule has 0 radical (unpaired) electrons. The molecule has 8 atom stereocenters. The lowest BCUT2D eigenvalue weighted by Gasteiger charge is -2.30. The van der Waals surface area contributed by atoms with Gasteiger partial charge in [-0.3, -0.25) is 62.3 Å². The fourth-order valence-electron chi connectivity index (χ4n) is 8.47. The number of phenols is 1. The van der Waals surface area contributed by atoms with Gasteiger partial charge < -0.3 is 74.3 Å². The number of cyclic esters (lactones) is 1. The number of carbonyl (C=O) groups excluding carboxylic acids is 13. The summed E-state index contributed by atoms with van der Waals surface area (Å²) in [6.07, 6.45) is 5.19. The molecular weight excluding hydrogens is 1070 g/mol. The van der Waals surface area contributed by atoms with E-state index in [9.17, 15) is 77.3 Å². The Labute approximate surface area is 476 Å². The molecule has 1 aliphatic heterocycles. The number of nitrogens with two attached hydrogens (primary N) is 2. The third-order valence-corrected chi connectivity index (χ3v) is 13.0. The first-order valence-electron chi connectivity index (χ1n) is 27.6. The Morgan fingerprint density at radius 3 is 1.57 bits per heavy atom. The number of rotatable bonds is 25. The fraction of sp³-hybridized carbons (Fsp3) is 0.630. The number of primary amides is 2.